The molecule has 3 aromatic rings. The van der Waals surface area contributed by atoms with Gasteiger partial charge in [-0.25, -0.2) is 9.59 Å². The molecule has 0 aliphatic rings. The van der Waals surface area contributed by atoms with Crippen molar-refractivity contribution in [2.24, 2.45) is 0 Å². The quantitative estimate of drug-likeness (QED) is 0.622. The molecule has 0 saturated carbocycles. The Morgan fingerprint density at radius 2 is 1.50 bits per heavy atom. The number of urea groups is 1. The van der Waals surface area contributed by atoms with Gasteiger partial charge in [-0.05, 0) is 30.2 Å². The molecule has 3 aromatic carbocycles. The summed E-state index contributed by atoms with van der Waals surface area (Å²) < 4.78 is 0. The Morgan fingerprint density at radius 1 is 0.808 bits per heavy atom. The Labute approximate surface area is 151 Å². The van der Waals surface area contributed by atoms with E-state index in [1.807, 2.05) is 55.5 Å². The topological polar surface area (TPSA) is 78.4 Å². The standard InChI is InChI=1S/C21H18N2O3/c1-14-8-5-6-13-18(14)22-21(26)23-19-16(15-9-3-2-4-10-15)11-7-12-17(19)20(24)25/h2-13H,1H3,(H,24,25)(H2,22,23,26). The molecule has 0 aromatic heterocycles. The second-order valence-corrected chi connectivity index (χ2v) is 5.79. The lowest BCUT2D eigenvalue weighted by Gasteiger charge is -2.15. The van der Waals surface area contributed by atoms with Gasteiger partial charge in [-0.15, -0.1) is 0 Å². The summed E-state index contributed by atoms with van der Waals surface area (Å²) in [5, 5.41) is 15.0. The summed E-state index contributed by atoms with van der Waals surface area (Å²) in [5.41, 5.74) is 3.34. The maximum absolute atomic E-state index is 12.5. The number of anilines is 2. The highest BCUT2D eigenvalue weighted by atomic mass is 16.4. The van der Waals surface area contributed by atoms with Gasteiger partial charge in [-0.3, -0.25) is 0 Å². The van der Waals surface area contributed by atoms with Crippen molar-refractivity contribution >= 4 is 23.4 Å². The third-order valence-corrected chi connectivity index (χ3v) is 4.01. The Balaban J connectivity index is 1.96. The normalized spacial score (nSPS) is 10.2. The second-order valence-electron chi connectivity index (χ2n) is 5.79. The molecule has 3 rings (SSSR count). The van der Waals surface area contributed by atoms with Crippen molar-refractivity contribution in [3.63, 3.8) is 0 Å². The number of amides is 2. The number of hydrogen-bond donors (Lipinski definition) is 3. The third kappa shape index (κ3) is 3.72. The predicted molar refractivity (Wildman–Crippen MR) is 103 cm³/mol. The average Bonchev–Trinajstić information content (AvgIpc) is 2.64. The fourth-order valence-corrected chi connectivity index (χ4v) is 2.70. The van der Waals surface area contributed by atoms with Crippen LogP contribution in [0.25, 0.3) is 11.1 Å². The van der Waals surface area contributed by atoms with Crippen LogP contribution in [-0.2, 0) is 0 Å². The smallest absolute Gasteiger partial charge is 0.337 e. The molecule has 0 unspecified atom stereocenters. The van der Waals surface area contributed by atoms with E-state index in [1.54, 1.807) is 18.2 Å². The van der Waals surface area contributed by atoms with E-state index in [9.17, 15) is 14.7 Å². The molecule has 0 aliphatic carbocycles. The zero-order valence-corrected chi connectivity index (χ0v) is 14.2. The minimum atomic E-state index is -1.10. The number of carboxylic acids is 1. The van der Waals surface area contributed by atoms with Crippen LogP contribution in [0.3, 0.4) is 0 Å². The highest BCUT2D eigenvalue weighted by Crippen LogP contribution is 2.31. The molecule has 5 nitrogen and oxygen atoms in total. The predicted octanol–water partition coefficient (Wildman–Crippen LogP) is 5.00. The third-order valence-electron chi connectivity index (χ3n) is 4.01. The minimum absolute atomic E-state index is 0.0336. The van der Waals surface area contributed by atoms with Gasteiger partial charge < -0.3 is 15.7 Å². The molecule has 26 heavy (non-hydrogen) atoms. The summed E-state index contributed by atoms with van der Waals surface area (Å²) in [7, 11) is 0. The summed E-state index contributed by atoms with van der Waals surface area (Å²) in [6, 6.07) is 21.1. The van der Waals surface area contributed by atoms with Crippen LogP contribution in [0.2, 0.25) is 0 Å². The van der Waals surface area contributed by atoms with Gasteiger partial charge >= 0.3 is 12.0 Å². The second kappa shape index (κ2) is 7.53. The summed E-state index contributed by atoms with van der Waals surface area (Å²) in [4.78, 5) is 24.1. The van der Waals surface area contributed by atoms with Crippen LogP contribution < -0.4 is 10.6 Å². The number of hydrogen-bond acceptors (Lipinski definition) is 2. The molecule has 0 aliphatic heterocycles. The van der Waals surface area contributed by atoms with E-state index in [4.69, 9.17) is 0 Å². The van der Waals surface area contributed by atoms with Crippen molar-refractivity contribution in [2.45, 2.75) is 6.92 Å². The first-order valence-electron chi connectivity index (χ1n) is 8.11. The van der Waals surface area contributed by atoms with Gasteiger partial charge in [0.1, 0.15) is 0 Å². The van der Waals surface area contributed by atoms with Crippen molar-refractivity contribution in [3.8, 4) is 11.1 Å². The molecule has 0 heterocycles. The monoisotopic (exact) mass is 346 g/mol. The maximum Gasteiger partial charge on any atom is 0.337 e. The van der Waals surface area contributed by atoms with E-state index in [-0.39, 0.29) is 11.3 Å². The lowest BCUT2D eigenvalue weighted by Crippen LogP contribution is -2.22. The van der Waals surface area contributed by atoms with Gasteiger partial charge in [0.25, 0.3) is 0 Å². The molecule has 130 valence electrons. The van der Waals surface area contributed by atoms with Crippen LogP contribution in [0.1, 0.15) is 15.9 Å². The van der Waals surface area contributed by atoms with Crippen molar-refractivity contribution in [3.05, 3.63) is 83.9 Å². The molecule has 3 N–H and O–H groups in total. The number of aromatic carboxylic acids is 1. The van der Waals surface area contributed by atoms with Crippen LogP contribution in [0.15, 0.2) is 72.8 Å². The lowest BCUT2D eigenvalue weighted by molar-refractivity contribution is 0.0698. The zero-order valence-electron chi connectivity index (χ0n) is 14.2. The van der Waals surface area contributed by atoms with Crippen LogP contribution in [0, 0.1) is 6.92 Å². The molecule has 0 bridgehead atoms. The Bertz CT molecular complexity index is 952. The van der Waals surface area contributed by atoms with E-state index in [2.05, 4.69) is 10.6 Å². The number of carbonyl (C=O) groups excluding carboxylic acids is 1. The molecule has 0 saturated heterocycles. The molecule has 0 atom stereocenters. The maximum atomic E-state index is 12.5. The van der Waals surface area contributed by atoms with Crippen LogP contribution in [0.5, 0.6) is 0 Å². The summed E-state index contributed by atoms with van der Waals surface area (Å²) >= 11 is 0. The van der Waals surface area contributed by atoms with Crippen LogP contribution in [-0.4, -0.2) is 17.1 Å². The summed E-state index contributed by atoms with van der Waals surface area (Å²) in [6.45, 7) is 1.89. The Kier molecular flexibility index (Phi) is 4.99. The van der Waals surface area contributed by atoms with Gasteiger partial charge in [-0.2, -0.15) is 0 Å². The highest BCUT2D eigenvalue weighted by molar-refractivity contribution is 6.08. The van der Waals surface area contributed by atoms with Gasteiger partial charge in [0, 0.05) is 11.3 Å². The molecule has 5 heteroatoms. The van der Waals surface area contributed by atoms with Crippen molar-refractivity contribution in [1.29, 1.82) is 0 Å². The fraction of sp³-hybridized carbons (Fsp3) is 0.0476. The van der Waals surface area contributed by atoms with Gasteiger partial charge in [0.15, 0.2) is 0 Å². The van der Waals surface area contributed by atoms with E-state index in [0.717, 1.165) is 11.1 Å². The highest BCUT2D eigenvalue weighted by Gasteiger charge is 2.17. The van der Waals surface area contributed by atoms with E-state index >= 15 is 0 Å². The number of carboxylic acid groups (broad SMARTS) is 1. The van der Waals surface area contributed by atoms with Crippen LogP contribution in [0.4, 0.5) is 16.2 Å². The molecular weight excluding hydrogens is 328 g/mol. The van der Waals surface area contributed by atoms with Crippen LogP contribution >= 0.6 is 0 Å². The first-order valence-corrected chi connectivity index (χ1v) is 8.11. The summed E-state index contributed by atoms with van der Waals surface area (Å²) in [6.07, 6.45) is 0. The largest absolute Gasteiger partial charge is 0.478 e. The average molecular weight is 346 g/mol. The molecular formula is C21H18N2O3. The first kappa shape index (κ1) is 17.2. The van der Waals surface area contributed by atoms with Crippen molar-refractivity contribution in [2.75, 3.05) is 10.6 Å². The van der Waals surface area contributed by atoms with Gasteiger partial charge in [-0.1, -0.05) is 60.7 Å². The number of para-hydroxylation sites is 2. The minimum Gasteiger partial charge on any atom is -0.478 e. The number of carbonyl (C=O) groups is 2. The first-order chi connectivity index (χ1) is 12.6. The van der Waals surface area contributed by atoms with E-state index in [0.29, 0.717) is 11.3 Å². The zero-order chi connectivity index (χ0) is 18.5. The fourth-order valence-electron chi connectivity index (χ4n) is 2.70. The molecule has 0 spiro atoms. The number of nitrogens with one attached hydrogen (secondary N) is 2. The SMILES string of the molecule is Cc1ccccc1NC(=O)Nc1c(C(=O)O)cccc1-c1ccccc1. The van der Waals surface area contributed by atoms with E-state index < -0.39 is 12.0 Å². The van der Waals surface area contributed by atoms with Gasteiger partial charge in [0.05, 0.1) is 11.3 Å². The Hall–Kier alpha value is -3.60. The van der Waals surface area contributed by atoms with Crippen molar-refractivity contribution in [1.82, 2.24) is 0 Å². The van der Waals surface area contributed by atoms with Crippen molar-refractivity contribution < 1.29 is 14.7 Å². The number of rotatable bonds is 4. The molecule has 0 fully saturated rings. The summed E-state index contributed by atoms with van der Waals surface area (Å²) in [5.74, 6) is -1.10. The Morgan fingerprint density at radius 3 is 2.19 bits per heavy atom. The molecule has 0 radical (unpaired) electrons. The van der Waals surface area contributed by atoms with Gasteiger partial charge in [0.2, 0.25) is 0 Å². The number of benzene rings is 3. The molecule has 2 amide bonds. The number of aryl methyl sites for hydroxylation is 1. The lowest BCUT2D eigenvalue weighted by atomic mass is 10.00. The van der Waals surface area contributed by atoms with E-state index in [1.165, 1.54) is 6.07 Å².